The van der Waals surface area contributed by atoms with E-state index < -0.39 is 0 Å². The highest BCUT2D eigenvalue weighted by molar-refractivity contribution is 9.10. The first kappa shape index (κ1) is 13.1. The molecule has 100 valence electrons. The Balaban J connectivity index is 1.92. The Bertz CT molecular complexity index is 758. The molecule has 1 N–H and O–H groups in total. The summed E-state index contributed by atoms with van der Waals surface area (Å²) in [5.74, 6) is 0.550. The number of aromatic nitrogens is 1. The predicted molar refractivity (Wildman–Crippen MR) is 83.2 cm³/mol. The maximum Gasteiger partial charge on any atom is 0.134 e. The molecule has 2 aromatic carbocycles. The van der Waals surface area contributed by atoms with Gasteiger partial charge in [0.25, 0.3) is 0 Å². The van der Waals surface area contributed by atoms with Crippen LogP contribution in [0.25, 0.3) is 10.8 Å². The molecular weight excluding hydrogens is 319 g/mol. The molecule has 0 spiro atoms. The third kappa shape index (κ3) is 2.51. The number of anilines is 1. The van der Waals surface area contributed by atoms with E-state index in [1.807, 2.05) is 30.3 Å². The lowest BCUT2D eigenvalue weighted by molar-refractivity contribution is 0.613. The molecule has 0 unspecified atom stereocenters. The number of fused-ring (bicyclic) bond motifs is 1. The smallest absolute Gasteiger partial charge is 0.134 e. The SMILES string of the molecule is Fc1ccccc1CNc1nccc2c(Br)cccc12. The summed E-state index contributed by atoms with van der Waals surface area (Å²) in [4.78, 5) is 4.34. The van der Waals surface area contributed by atoms with E-state index in [-0.39, 0.29) is 5.82 Å². The number of nitrogens with one attached hydrogen (secondary N) is 1. The predicted octanol–water partition coefficient (Wildman–Crippen LogP) is 4.75. The molecule has 1 aromatic heterocycles. The van der Waals surface area contributed by atoms with Gasteiger partial charge >= 0.3 is 0 Å². The Kier molecular flexibility index (Phi) is 3.65. The summed E-state index contributed by atoms with van der Waals surface area (Å²) in [5.41, 5.74) is 0.626. The van der Waals surface area contributed by atoms with E-state index in [0.29, 0.717) is 12.1 Å². The Morgan fingerprint density at radius 2 is 1.85 bits per heavy atom. The Labute approximate surface area is 124 Å². The van der Waals surface area contributed by atoms with Crippen molar-refractivity contribution in [3.05, 3.63) is 70.6 Å². The summed E-state index contributed by atoms with van der Waals surface area (Å²) in [7, 11) is 0. The van der Waals surface area contributed by atoms with Crippen LogP contribution in [0.4, 0.5) is 10.2 Å². The summed E-state index contributed by atoms with van der Waals surface area (Å²) in [6.45, 7) is 0.408. The molecule has 4 heteroatoms. The molecule has 0 atom stereocenters. The van der Waals surface area contributed by atoms with E-state index in [1.54, 1.807) is 18.3 Å². The van der Waals surface area contributed by atoms with Gasteiger partial charge in [-0.2, -0.15) is 0 Å². The van der Waals surface area contributed by atoms with Gasteiger partial charge in [-0.25, -0.2) is 9.37 Å². The second-order valence-electron chi connectivity index (χ2n) is 4.44. The van der Waals surface area contributed by atoms with Gasteiger partial charge < -0.3 is 5.32 Å². The minimum Gasteiger partial charge on any atom is -0.365 e. The van der Waals surface area contributed by atoms with Gasteiger partial charge in [-0.15, -0.1) is 0 Å². The minimum absolute atomic E-state index is 0.207. The second-order valence-corrected chi connectivity index (χ2v) is 5.29. The number of nitrogens with zero attached hydrogens (tertiary/aromatic N) is 1. The van der Waals surface area contributed by atoms with E-state index in [0.717, 1.165) is 21.1 Å². The second kappa shape index (κ2) is 5.59. The molecule has 0 aliphatic carbocycles. The van der Waals surface area contributed by atoms with Crippen molar-refractivity contribution in [3.8, 4) is 0 Å². The van der Waals surface area contributed by atoms with E-state index in [1.165, 1.54) is 6.07 Å². The fraction of sp³-hybridized carbons (Fsp3) is 0.0625. The first-order chi connectivity index (χ1) is 9.75. The number of pyridine rings is 1. The fourth-order valence-electron chi connectivity index (χ4n) is 2.13. The third-order valence-electron chi connectivity index (χ3n) is 3.16. The van der Waals surface area contributed by atoms with Crippen LogP contribution < -0.4 is 5.32 Å². The highest BCUT2D eigenvalue weighted by Gasteiger charge is 2.06. The molecule has 0 aliphatic heterocycles. The molecule has 1 heterocycles. The van der Waals surface area contributed by atoms with E-state index in [2.05, 4.69) is 26.2 Å². The van der Waals surface area contributed by atoms with Gasteiger partial charge in [-0.1, -0.05) is 46.3 Å². The molecule has 0 radical (unpaired) electrons. The van der Waals surface area contributed by atoms with Crippen molar-refractivity contribution in [3.63, 3.8) is 0 Å². The van der Waals surface area contributed by atoms with Gasteiger partial charge in [-0.3, -0.25) is 0 Å². The first-order valence-electron chi connectivity index (χ1n) is 6.26. The van der Waals surface area contributed by atoms with Crippen LogP contribution in [-0.4, -0.2) is 4.98 Å². The normalized spacial score (nSPS) is 10.7. The number of benzene rings is 2. The zero-order valence-electron chi connectivity index (χ0n) is 10.6. The molecular formula is C16H12BrFN2. The molecule has 0 aliphatic rings. The zero-order chi connectivity index (χ0) is 13.9. The molecule has 20 heavy (non-hydrogen) atoms. The van der Waals surface area contributed by atoms with Crippen LogP contribution in [0.2, 0.25) is 0 Å². The van der Waals surface area contributed by atoms with Crippen LogP contribution in [0.15, 0.2) is 59.2 Å². The van der Waals surface area contributed by atoms with Crippen molar-refractivity contribution in [2.24, 2.45) is 0 Å². The molecule has 3 rings (SSSR count). The minimum atomic E-state index is -0.207. The van der Waals surface area contributed by atoms with Gasteiger partial charge in [0.1, 0.15) is 11.6 Å². The van der Waals surface area contributed by atoms with Crippen LogP contribution >= 0.6 is 15.9 Å². The average molecular weight is 331 g/mol. The van der Waals surface area contributed by atoms with Gasteiger partial charge in [0.05, 0.1) is 0 Å². The van der Waals surface area contributed by atoms with Crippen LogP contribution in [0.1, 0.15) is 5.56 Å². The van der Waals surface area contributed by atoms with E-state index in [4.69, 9.17) is 0 Å². The Hall–Kier alpha value is -1.94. The maximum atomic E-state index is 13.6. The van der Waals surface area contributed by atoms with E-state index >= 15 is 0 Å². The lowest BCUT2D eigenvalue weighted by Gasteiger charge is -2.10. The van der Waals surface area contributed by atoms with Crippen molar-refractivity contribution in [2.75, 3.05) is 5.32 Å². The standard InChI is InChI=1S/C16H12BrFN2/c17-14-6-3-5-13-12(14)8-9-19-16(13)20-10-11-4-1-2-7-15(11)18/h1-9H,10H2,(H,19,20). The molecule has 0 saturated heterocycles. The van der Waals surface area contributed by atoms with Crippen molar-refractivity contribution in [1.29, 1.82) is 0 Å². The van der Waals surface area contributed by atoms with Crippen LogP contribution in [0.5, 0.6) is 0 Å². The van der Waals surface area contributed by atoms with Crippen molar-refractivity contribution in [2.45, 2.75) is 6.54 Å². The van der Waals surface area contributed by atoms with Crippen LogP contribution in [0, 0.1) is 5.82 Å². The molecule has 3 aromatic rings. The summed E-state index contributed by atoms with van der Waals surface area (Å²) in [6.07, 6.45) is 1.75. The number of rotatable bonds is 3. The van der Waals surface area contributed by atoms with Gasteiger partial charge in [0, 0.05) is 33.6 Å². The van der Waals surface area contributed by atoms with E-state index in [9.17, 15) is 4.39 Å². The Morgan fingerprint density at radius 1 is 1.00 bits per heavy atom. The molecule has 0 saturated carbocycles. The van der Waals surface area contributed by atoms with Gasteiger partial charge in [0.2, 0.25) is 0 Å². The molecule has 0 fully saturated rings. The topological polar surface area (TPSA) is 24.9 Å². The van der Waals surface area contributed by atoms with Crippen molar-refractivity contribution in [1.82, 2.24) is 4.98 Å². The highest BCUT2D eigenvalue weighted by Crippen LogP contribution is 2.27. The van der Waals surface area contributed by atoms with Gasteiger partial charge in [0.15, 0.2) is 0 Å². The first-order valence-corrected chi connectivity index (χ1v) is 7.05. The number of hydrogen-bond acceptors (Lipinski definition) is 2. The number of halogens is 2. The zero-order valence-corrected chi connectivity index (χ0v) is 12.2. The third-order valence-corrected chi connectivity index (χ3v) is 3.85. The fourth-order valence-corrected chi connectivity index (χ4v) is 2.63. The highest BCUT2D eigenvalue weighted by atomic mass is 79.9. The molecule has 2 nitrogen and oxygen atoms in total. The monoisotopic (exact) mass is 330 g/mol. The molecule has 0 amide bonds. The quantitative estimate of drug-likeness (QED) is 0.749. The molecule has 0 bridgehead atoms. The van der Waals surface area contributed by atoms with Crippen molar-refractivity contribution >= 4 is 32.5 Å². The van der Waals surface area contributed by atoms with Crippen LogP contribution in [-0.2, 0) is 6.54 Å². The number of hydrogen-bond donors (Lipinski definition) is 1. The summed E-state index contributed by atoms with van der Waals surface area (Å²) < 4.78 is 14.6. The largest absolute Gasteiger partial charge is 0.365 e. The maximum absolute atomic E-state index is 13.6. The lowest BCUT2D eigenvalue weighted by atomic mass is 10.1. The Morgan fingerprint density at radius 3 is 2.70 bits per heavy atom. The van der Waals surface area contributed by atoms with Crippen molar-refractivity contribution < 1.29 is 4.39 Å². The van der Waals surface area contributed by atoms with Gasteiger partial charge in [-0.05, 0) is 18.2 Å². The lowest BCUT2D eigenvalue weighted by Crippen LogP contribution is -2.03. The van der Waals surface area contributed by atoms with Crippen LogP contribution in [0.3, 0.4) is 0 Å². The summed E-state index contributed by atoms with van der Waals surface area (Å²) in [6, 6.07) is 14.6. The average Bonchev–Trinajstić information content (AvgIpc) is 2.47. The summed E-state index contributed by atoms with van der Waals surface area (Å²) >= 11 is 3.52. The summed E-state index contributed by atoms with van der Waals surface area (Å²) in [5, 5.41) is 5.29.